The quantitative estimate of drug-likeness (QED) is 0.631. The van der Waals surface area contributed by atoms with Crippen LogP contribution in [0.3, 0.4) is 0 Å². The fraction of sp³-hybridized carbons (Fsp3) is 0.429. The molecule has 1 aromatic carbocycles. The zero-order chi connectivity index (χ0) is 13.0. The molecule has 4 nitrogen and oxygen atoms in total. The van der Waals surface area contributed by atoms with Gasteiger partial charge in [-0.05, 0) is 36.1 Å². The van der Waals surface area contributed by atoms with E-state index >= 15 is 0 Å². The first kappa shape index (κ1) is 12.9. The lowest BCUT2D eigenvalue weighted by Crippen LogP contribution is -2.30. The third-order valence-corrected chi connectivity index (χ3v) is 3.22. The zero-order valence-electron chi connectivity index (χ0n) is 11.0. The second kappa shape index (κ2) is 5.89. The average Bonchev–Trinajstić information content (AvgIpc) is 2.41. The van der Waals surface area contributed by atoms with E-state index in [9.17, 15) is 0 Å². The molecule has 1 heterocycles. The minimum atomic E-state index is 0.0326. The highest BCUT2D eigenvalue weighted by Crippen LogP contribution is 2.28. The van der Waals surface area contributed by atoms with E-state index in [4.69, 9.17) is 10.6 Å². The van der Waals surface area contributed by atoms with Crippen LogP contribution in [0.25, 0.3) is 0 Å². The first-order valence-electron chi connectivity index (χ1n) is 6.26. The monoisotopic (exact) mass is 247 g/mol. The van der Waals surface area contributed by atoms with Crippen LogP contribution in [0.1, 0.15) is 24.4 Å². The van der Waals surface area contributed by atoms with Crippen LogP contribution in [0.4, 0.5) is 5.69 Å². The average molecular weight is 247 g/mol. The summed E-state index contributed by atoms with van der Waals surface area (Å²) in [6, 6.07) is 8.42. The Balaban J connectivity index is 2.26. The van der Waals surface area contributed by atoms with Gasteiger partial charge < -0.3 is 9.64 Å². The first-order chi connectivity index (χ1) is 8.72. The van der Waals surface area contributed by atoms with Crippen LogP contribution in [-0.2, 0) is 4.74 Å². The van der Waals surface area contributed by atoms with Crippen molar-refractivity contribution in [3.8, 4) is 0 Å². The molecule has 0 fully saturated rings. The molecule has 1 aromatic rings. The number of rotatable bonds is 4. The smallest absolute Gasteiger partial charge is 0.0876 e. The normalized spacial score (nSPS) is 16.7. The molecule has 1 unspecified atom stereocenters. The van der Waals surface area contributed by atoms with Gasteiger partial charge in [0.1, 0.15) is 0 Å². The molecule has 98 valence electrons. The van der Waals surface area contributed by atoms with Gasteiger partial charge in [-0.15, -0.1) is 0 Å². The number of hydrazine groups is 1. The number of hydrogen-bond acceptors (Lipinski definition) is 4. The van der Waals surface area contributed by atoms with Crippen LogP contribution in [0.2, 0.25) is 0 Å². The van der Waals surface area contributed by atoms with E-state index in [1.54, 1.807) is 0 Å². The number of ether oxygens (including phenoxy) is 1. The predicted molar refractivity (Wildman–Crippen MR) is 74.1 cm³/mol. The molecule has 1 aliphatic rings. The standard InChI is InChI=1S/C14H21N3O/c1-17(2)13-7-3-5-11(9-13)14(16-15)12-6-4-8-18-10-12/h3,5,7,9-10,14,16H,4,6,8,15H2,1-2H3. The highest BCUT2D eigenvalue weighted by atomic mass is 16.5. The Morgan fingerprint density at radius 3 is 2.83 bits per heavy atom. The molecule has 0 bridgehead atoms. The van der Waals surface area contributed by atoms with Crippen molar-refractivity contribution in [3.05, 3.63) is 41.7 Å². The number of benzene rings is 1. The van der Waals surface area contributed by atoms with E-state index in [-0.39, 0.29) is 6.04 Å². The fourth-order valence-electron chi connectivity index (χ4n) is 2.20. The van der Waals surface area contributed by atoms with E-state index in [0.29, 0.717) is 0 Å². The van der Waals surface area contributed by atoms with Crippen molar-refractivity contribution in [1.29, 1.82) is 0 Å². The highest BCUT2D eigenvalue weighted by Gasteiger charge is 2.18. The molecule has 0 amide bonds. The molecule has 4 heteroatoms. The maximum absolute atomic E-state index is 5.70. The minimum Gasteiger partial charge on any atom is -0.501 e. The number of anilines is 1. The summed E-state index contributed by atoms with van der Waals surface area (Å²) in [5.41, 5.74) is 6.43. The molecule has 0 saturated heterocycles. The third kappa shape index (κ3) is 2.83. The van der Waals surface area contributed by atoms with Gasteiger partial charge in [-0.2, -0.15) is 0 Å². The van der Waals surface area contributed by atoms with Gasteiger partial charge in [0.15, 0.2) is 0 Å². The molecular weight excluding hydrogens is 226 g/mol. The molecule has 1 aliphatic heterocycles. The van der Waals surface area contributed by atoms with E-state index < -0.39 is 0 Å². The molecule has 0 radical (unpaired) electrons. The van der Waals surface area contributed by atoms with E-state index in [1.165, 1.54) is 16.8 Å². The lowest BCUT2D eigenvalue weighted by molar-refractivity contribution is 0.219. The van der Waals surface area contributed by atoms with Crippen molar-refractivity contribution >= 4 is 5.69 Å². The summed E-state index contributed by atoms with van der Waals surface area (Å²) < 4.78 is 5.40. The first-order valence-corrected chi connectivity index (χ1v) is 6.26. The molecule has 0 aromatic heterocycles. The molecule has 1 atom stereocenters. The topological polar surface area (TPSA) is 50.5 Å². The largest absolute Gasteiger partial charge is 0.501 e. The second-order valence-electron chi connectivity index (χ2n) is 4.76. The van der Waals surface area contributed by atoms with Gasteiger partial charge in [0.2, 0.25) is 0 Å². The van der Waals surface area contributed by atoms with E-state index in [0.717, 1.165) is 19.4 Å². The van der Waals surface area contributed by atoms with Crippen LogP contribution < -0.4 is 16.2 Å². The van der Waals surface area contributed by atoms with Crippen molar-refractivity contribution in [2.75, 3.05) is 25.6 Å². The molecule has 2 rings (SSSR count). The predicted octanol–water partition coefficient (Wildman–Crippen LogP) is 1.95. The maximum Gasteiger partial charge on any atom is 0.0876 e. The lowest BCUT2D eigenvalue weighted by atomic mass is 9.95. The highest BCUT2D eigenvalue weighted by molar-refractivity contribution is 5.49. The van der Waals surface area contributed by atoms with Gasteiger partial charge in [-0.25, -0.2) is 5.43 Å². The number of nitrogens with zero attached hydrogens (tertiary/aromatic N) is 1. The van der Waals surface area contributed by atoms with Crippen LogP contribution in [0, 0.1) is 0 Å². The molecule has 0 aliphatic carbocycles. The molecule has 0 saturated carbocycles. The summed E-state index contributed by atoms with van der Waals surface area (Å²) in [4.78, 5) is 2.09. The van der Waals surface area contributed by atoms with Gasteiger partial charge in [-0.3, -0.25) is 5.84 Å². The Kier molecular flexibility index (Phi) is 4.23. The van der Waals surface area contributed by atoms with Crippen LogP contribution in [-0.4, -0.2) is 20.7 Å². The van der Waals surface area contributed by atoms with Crippen LogP contribution >= 0.6 is 0 Å². The number of nitrogens with one attached hydrogen (secondary N) is 1. The van der Waals surface area contributed by atoms with Crippen LogP contribution in [0.5, 0.6) is 0 Å². The van der Waals surface area contributed by atoms with Gasteiger partial charge in [0.05, 0.1) is 18.9 Å². The number of nitrogens with two attached hydrogens (primary N) is 1. The minimum absolute atomic E-state index is 0.0326. The van der Waals surface area contributed by atoms with Crippen molar-refractivity contribution < 1.29 is 4.74 Å². The van der Waals surface area contributed by atoms with Crippen molar-refractivity contribution in [3.63, 3.8) is 0 Å². The Hall–Kier alpha value is -1.52. The van der Waals surface area contributed by atoms with E-state index in [1.807, 2.05) is 20.4 Å². The Morgan fingerprint density at radius 1 is 1.39 bits per heavy atom. The van der Waals surface area contributed by atoms with Crippen molar-refractivity contribution in [2.24, 2.45) is 5.84 Å². The zero-order valence-corrected chi connectivity index (χ0v) is 11.0. The Morgan fingerprint density at radius 2 is 2.22 bits per heavy atom. The molecular formula is C14H21N3O. The SMILES string of the molecule is CN(C)c1cccc(C(NN)C2=COCCC2)c1. The summed E-state index contributed by atoms with van der Waals surface area (Å²) in [6.07, 6.45) is 3.93. The molecule has 3 N–H and O–H groups in total. The lowest BCUT2D eigenvalue weighted by Gasteiger charge is -2.24. The Bertz CT molecular complexity index is 429. The van der Waals surface area contributed by atoms with E-state index in [2.05, 4.69) is 34.6 Å². The molecule has 18 heavy (non-hydrogen) atoms. The van der Waals surface area contributed by atoms with Crippen molar-refractivity contribution in [2.45, 2.75) is 18.9 Å². The Labute approximate surface area is 108 Å². The maximum atomic E-state index is 5.70. The summed E-state index contributed by atoms with van der Waals surface area (Å²) in [5.74, 6) is 5.70. The van der Waals surface area contributed by atoms with Crippen molar-refractivity contribution in [1.82, 2.24) is 5.43 Å². The summed E-state index contributed by atoms with van der Waals surface area (Å²) in [5, 5.41) is 0. The summed E-state index contributed by atoms with van der Waals surface area (Å²) >= 11 is 0. The molecule has 0 spiro atoms. The van der Waals surface area contributed by atoms with Gasteiger partial charge in [-0.1, -0.05) is 12.1 Å². The second-order valence-corrected chi connectivity index (χ2v) is 4.76. The van der Waals surface area contributed by atoms with Gasteiger partial charge in [0.25, 0.3) is 0 Å². The summed E-state index contributed by atoms with van der Waals surface area (Å²) in [6.45, 7) is 0.804. The fourth-order valence-corrected chi connectivity index (χ4v) is 2.20. The van der Waals surface area contributed by atoms with Crippen LogP contribution in [0.15, 0.2) is 36.1 Å². The third-order valence-electron chi connectivity index (χ3n) is 3.22. The van der Waals surface area contributed by atoms with Gasteiger partial charge >= 0.3 is 0 Å². The number of hydrogen-bond donors (Lipinski definition) is 2. The van der Waals surface area contributed by atoms with Gasteiger partial charge in [0, 0.05) is 19.8 Å². The summed E-state index contributed by atoms with van der Waals surface area (Å²) in [7, 11) is 4.07.